The third kappa shape index (κ3) is 4.30. The highest BCUT2D eigenvalue weighted by molar-refractivity contribution is 7.90. The van der Waals surface area contributed by atoms with E-state index in [1.807, 2.05) is 49.5 Å². The minimum absolute atomic E-state index is 0.0152. The number of benzene rings is 2. The van der Waals surface area contributed by atoms with Gasteiger partial charge in [0.2, 0.25) is 10.0 Å². The van der Waals surface area contributed by atoms with Crippen molar-refractivity contribution < 1.29 is 12.8 Å². The molecule has 0 spiro atoms. The van der Waals surface area contributed by atoms with Crippen molar-refractivity contribution in [1.29, 1.82) is 0 Å². The van der Waals surface area contributed by atoms with Crippen LogP contribution in [-0.2, 0) is 16.6 Å². The third-order valence-electron chi connectivity index (χ3n) is 5.50. The minimum Gasteiger partial charge on any atom is -0.347 e. The number of halogens is 1. The van der Waals surface area contributed by atoms with E-state index < -0.39 is 16.1 Å². The van der Waals surface area contributed by atoms with Crippen LogP contribution in [0.1, 0.15) is 52.1 Å². The van der Waals surface area contributed by atoms with E-state index in [2.05, 4.69) is 30.1 Å². The van der Waals surface area contributed by atoms with Crippen molar-refractivity contribution in [1.82, 2.24) is 9.29 Å². The molecule has 4 rings (SSSR count). The van der Waals surface area contributed by atoms with Gasteiger partial charge in [-0.2, -0.15) is 0 Å². The van der Waals surface area contributed by atoms with Crippen LogP contribution in [0, 0.1) is 11.2 Å². The van der Waals surface area contributed by atoms with E-state index in [4.69, 9.17) is 0 Å². The fourth-order valence-corrected chi connectivity index (χ4v) is 5.52. The molecule has 160 valence electrons. The smallest absolute Gasteiger partial charge is 0.215 e. The maximum Gasteiger partial charge on any atom is 0.215 e. The molecule has 3 aromatic rings. The number of hydrogen-bond acceptors (Lipinski definition) is 2. The summed E-state index contributed by atoms with van der Waals surface area (Å²) in [5, 5.41) is 0.465. The number of nitrogens with zero attached hydrogens (tertiary/aromatic N) is 1. The molecule has 4 nitrogen and oxygen atoms in total. The lowest BCUT2D eigenvalue weighted by atomic mass is 9.96. The predicted octanol–water partition coefficient (Wildman–Crippen LogP) is 5.64. The molecule has 0 aliphatic heterocycles. The number of aromatic nitrogens is 1. The first-order valence-electron chi connectivity index (χ1n) is 10.4. The lowest BCUT2D eigenvalue weighted by molar-refractivity contribution is 0.349. The van der Waals surface area contributed by atoms with Crippen LogP contribution in [0.4, 0.5) is 4.39 Å². The summed E-state index contributed by atoms with van der Waals surface area (Å²) < 4.78 is 45.0. The summed E-state index contributed by atoms with van der Waals surface area (Å²) in [5.74, 6) is -0.305. The molecule has 1 atom stereocenters. The SMILES string of the molecule is C[C@@H](NS(=O)(=O)C1CC1)c1cn(CC(C)(C)C)c2cc(-c3ccccc3)c(F)cc12. The molecule has 6 heteroatoms. The molecular formula is C24H29FN2O2S. The van der Waals surface area contributed by atoms with Gasteiger partial charge in [-0.25, -0.2) is 17.5 Å². The standard InChI is InChI=1S/C24H29FN2O2S/c1-16(26-30(28,29)18-10-11-18)21-14-27(15-24(2,3)4)23-13-19(22(25)12-20(21)23)17-8-6-5-7-9-17/h5-9,12-14,16,18,26H,10-11,15H2,1-4H3/t16-/m1/s1. The van der Waals surface area contributed by atoms with Crippen LogP contribution in [0.3, 0.4) is 0 Å². The number of rotatable bonds is 6. The Morgan fingerprint density at radius 2 is 1.83 bits per heavy atom. The molecule has 30 heavy (non-hydrogen) atoms. The molecule has 0 amide bonds. The highest BCUT2D eigenvalue weighted by atomic mass is 32.2. The summed E-state index contributed by atoms with van der Waals surface area (Å²) in [4.78, 5) is 0. The largest absolute Gasteiger partial charge is 0.347 e. The van der Waals surface area contributed by atoms with Gasteiger partial charge in [-0.05, 0) is 48.4 Å². The van der Waals surface area contributed by atoms with E-state index in [1.165, 1.54) is 0 Å². The zero-order valence-corrected chi connectivity index (χ0v) is 18.8. The van der Waals surface area contributed by atoms with E-state index in [0.717, 1.165) is 28.6 Å². The normalized spacial score (nSPS) is 16.2. The number of hydrogen-bond donors (Lipinski definition) is 1. The molecule has 2 aromatic carbocycles. The summed E-state index contributed by atoms with van der Waals surface area (Å²) in [5.41, 5.74) is 3.11. The quantitative estimate of drug-likeness (QED) is 0.553. The van der Waals surface area contributed by atoms with Crippen molar-refractivity contribution in [2.24, 2.45) is 5.41 Å². The fraction of sp³-hybridized carbons (Fsp3) is 0.417. The van der Waals surface area contributed by atoms with Crippen molar-refractivity contribution in [2.45, 2.75) is 58.4 Å². The van der Waals surface area contributed by atoms with Crippen molar-refractivity contribution in [3.63, 3.8) is 0 Å². The Bertz CT molecular complexity index is 1170. The topological polar surface area (TPSA) is 51.1 Å². The van der Waals surface area contributed by atoms with Crippen molar-refractivity contribution in [3.05, 3.63) is 60.0 Å². The summed E-state index contributed by atoms with van der Waals surface area (Å²) in [7, 11) is -3.34. The monoisotopic (exact) mass is 428 g/mol. The van der Waals surface area contributed by atoms with Gasteiger partial charge in [0.25, 0.3) is 0 Å². The molecule has 0 unspecified atom stereocenters. The Hall–Kier alpha value is -2.18. The molecular weight excluding hydrogens is 399 g/mol. The van der Waals surface area contributed by atoms with E-state index in [1.54, 1.807) is 6.07 Å². The molecule has 1 aromatic heterocycles. The summed E-state index contributed by atoms with van der Waals surface area (Å²) in [6.45, 7) is 9.03. The molecule has 1 N–H and O–H groups in total. The van der Waals surface area contributed by atoms with Gasteiger partial charge in [0, 0.05) is 35.2 Å². The van der Waals surface area contributed by atoms with Crippen molar-refractivity contribution in [2.75, 3.05) is 0 Å². The molecule has 0 saturated heterocycles. The molecule has 0 bridgehead atoms. The van der Waals surface area contributed by atoms with Gasteiger partial charge in [-0.1, -0.05) is 51.1 Å². The van der Waals surface area contributed by atoms with Gasteiger partial charge in [0.15, 0.2) is 0 Å². The molecule has 1 aliphatic carbocycles. The molecule has 1 aliphatic rings. The average molecular weight is 429 g/mol. The average Bonchev–Trinajstić information content (AvgIpc) is 3.46. The maximum atomic E-state index is 15.1. The lowest BCUT2D eigenvalue weighted by Crippen LogP contribution is -2.29. The van der Waals surface area contributed by atoms with Crippen LogP contribution < -0.4 is 4.72 Å². The van der Waals surface area contributed by atoms with Gasteiger partial charge in [0.1, 0.15) is 5.82 Å². The van der Waals surface area contributed by atoms with E-state index in [9.17, 15) is 8.42 Å². The highest BCUT2D eigenvalue weighted by Gasteiger charge is 2.37. The van der Waals surface area contributed by atoms with Crippen LogP contribution >= 0.6 is 0 Å². The van der Waals surface area contributed by atoms with E-state index in [0.29, 0.717) is 18.4 Å². The van der Waals surface area contributed by atoms with E-state index in [-0.39, 0.29) is 16.5 Å². The number of nitrogens with one attached hydrogen (secondary N) is 1. The third-order valence-corrected chi connectivity index (χ3v) is 7.53. The summed E-state index contributed by atoms with van der Waals surface area (Å²) >= 11 is 0. The molecule has 0 radical (unpaired) electrons. The molecule has 1 heterocycles. The first kappa shape index (κ1) is 21.1. The van der Waals surface area contributed by atoms with E-state index >= 15 is 4.39 Å². The first-order valence-corrected chi connectivity index (χ1v) is 12.0. The second-order valence-electron chi connectivity index (χ2n) is 9.57. The summed E-state index contributed by atoms with van der Waals surface area (Å²) in [6, 6.07) is 12.5. The lowest BCUT2D eigenvalue weighted by Gasteiger charge is -2.20. The van der Waals surface area contributed by atoms with Crippen molar-refractivity contribution in [3.8, 4) is 11.1 Å². The first-order chi connectivity index (χ1) is 14.0. The Kier molecular flexibility index (Phi) is 5.27. The maximum absolute atomic E-state index is 15.1. The van der Waals surface area contributed by atoms with Gasteiger partial charge in [-0.3, -0.25) is 0 Å². The van der Waals surface area contributed by atoms with Crippen LogP contribution in [0.5, 0.6) is 0 Å². The van der Waals surface area contributed by atoms with Gasteiger partial charge >= 0.3 is 0 Å². The minimum atomic E-state index is -3.34. The van der Waals surface area contributed by atoms with Crippen LogP contribution in [0.25, 0.3) is 22.0 Å². The van der Waals surface area contributed by atoms with Crippen LogP contribution in [0.2, 0.25) is 0 Å². The summed E-state index contributed by atoms with van der Waals surface area (Å²) in [6.07, 6.45) is 3.40. The van der Waals surface area contributed by atoms with Crippen LogP contribution in [-0.4, -0.2) is 18.2 Å². The zero-order valence-electron chi connectivity index (χ0n) is 17.9. The Morgan fingerprint density at radius 3 is 2.43 bits per heavy atom. The highest BCUT2D eigenvalue weighted by Crippen LogP contribution is 2.36. The predicted molar refractivity (Wildman–Crippen MR) is 120 cm³/mol. The van der Waals surface area contributed by atoms with Gasteiger partial charge in [-0.15, -0.1) is 0 Å². The van der Waals surface area contributed by atoms with Crippen LogP contribution in [0.15, 0.2) is 48.7 Å². The zero-order chi connectivity index (χ0) is 21.7. The molecule has 1 saturated carbocycles. The Morgan fingerprint density at radius 1 is 1.17 bits per heavy atom. The Balaban J connectivity index is 1.83. The number of sulfonamides is 1. The second-order valence-corrected chi connectivity index (χ2v) is 11.6. The number of fused-ring (bicyclic) bond motifs is 1. The fourth-order valence-electron chi connectivity index (χ4n) is 3.95. The van der Waals surface area contributed by atoms with Crippen molar-refractivity contribution >= 4 is 20.9 Å². The Labute approximate surface area is 178 Å². The second kappa shape index (κ2) is 7.50. The molecule has 1 fully saturated rings. The van der Waals surface area contributed by atoms with Gasteiger partial charge < -0.3 is 4.57 Å². The van der Waals surface area contributed by atoms with Gasteiger partial charge in [0.05, 0.1) is 5.25 Å².